The van der Waals surface area contributed by atoms with Crippen molar-refractivity contribution in [3.05, 3.63) is 67.0 Å². The zero-order chi connectivity index (χ0) is 15.6. The van der Waals surface area contributed by atoms with Gasteiger partial charge in [-0.25, -0.2) is 9.97 Å². The number of nitrogen functional groups attached to an aromatic ring is 1. The normalized spacial score (nSPS) is 10.8. The van der Waals surface area contributed by atoms with E-state index in [1.165, 1.54) is 0 Å². The van der Waals surface area contributed by atoms with E-state index in [9.17, 15) is 0 Å². The topological polar surface area (TPSA) is 77.6 Å². The van der Waals surface area contributed by atoms with Crippen LogP contribution in [0.15, 0.2) is 67.0 Å². The van der Waals surface area contributed by atoms with Crippen LogP contribution >= 0.6 is 0 Å². The molecule has 23 heavy (non-hydrogen) atoms. The van der Waals surface area contributed by atoms with Crippen LogP contribution in [0.25, 0.3) is 33.8 Å². The average molecular weight is 299 g/mol. The smallest absolute Gasteiger partial charge is 0.117 e. The third-order valence-corrected chi connectivity index (χ3v) is 3.50. The standard InChI is InChI=1S/C18H13N5/c19-12-7-8-13-16(11-12)23-18(15-6-2-4-10-21-15)17(22-13)14-5-1-3-9-20-14/h1-11H,19H2. The van der Waals surface area contributed by atoms with E-state index in [-0.39, 0.29) is 0 Å². The maximum atomic E-state index is 5.87. The molecular formula is C18H13N5. The summed E-state index contributed by atoms with van der Waals surface area (Å²) in [5.74, 6) is 0. The molecule has 3 heterocycles. The van der Waals surface area contributed by atoms with E-state index in [0.29, 0.717) is 17.1 Å². The molecule has 0 atom stereocenters. The van der Waals surface area contributed by atoms with Crippen molar-refractivity contribution in [2.24, 2.45) is 0 Å². The molecule has 0 saturated heterocycles. The molecule has 1 aromatic carbocycles. The third-order valence-electron chi connectivity index (χ3n) is 3.50. The molecule has 110 valence electrons. The van der Waals surface area contributed by atoms with Crippen molar-refractivity contribution in [2.75, 3.05) is 5.73 Å². The van der Waals surface area contributed by atoms with Crippen molar-refractivity contribution in [1.82, 2.24) is 19.9 Å². The van der Waals surface area contributed by atoms with Gasteiger partial charge in [0, 0.05) is 18.1 Å². The second-order valence-corrected chi connectivity index (χ2v) is 5.10. The van der Waals surface area contributed by atoms with Gasteiger partial charge in [0.1, 0.15) is 11.4 Å². The van der Waals surface area contributed by atoms with Crippen molar-refractivity contribution in [2.45, 2.75) is 0 Å². The molecule has 4 rings (SSSR count). The third kappa shape index (κ3) is 2.48. The number of hydrogen-bond acceptors (Lipinski definition) is 5. The molecule has 4 aromatic rings. The van der Waals surface area contributed by atoms with Gasteiger partial charge in [-0.05, 0) is 42.5 Å². The second kappa shape index (κ2) is 5.46. The highest BCUT2D eigenvalue weighted by molar-refractivity contribution is 5.85. The second-order valence-electron chi connectivity index (χ2n) is 5.10. The van der Waals surface area contributed by atoms with E-state index in [2.05, 4.69) is 9.97 Å². The van der Waals surface area contributed by atoms with Crippen LogP contribution in [0, 0.1) is 0 Å². The van der Waals surface area contributed by atoms with Gasteiger partial charge in [0.2, 0.25) is 0 Å². The lowest BCUT2D eigenvalue weighted by Crippen LogP contribution is -1.98. The van der Waals surface area contributed by atoms with Gasteiger partial charge in [-0.2, -0.15) is 0 Å². The number of benzene rings is 1. The molecule has 3 aromatic heterocycles. The van der Waals surface area contributed by atoms with Gasteiger partial charge in [0.15, 0.2) is 0 Å². The quantitative estimate of drug-likeness (QED) is 0.574. The Balaban J connectivity index is 2.04. The Hall–Kier alpha value is -3.34. The van der Waals surface area contributed by atoms with Gasteiger partial charge in [0.05, 0.1) is 22.4 Å². The molecule has 0 fully saturated rings. The Morgan fingerprint density at radius 3 is 1.83 bits per heavy atom. The first-order valence-corrected chi connectivity index (χ1v) is 7.21. The fourth-order valence-corrected chi connectivity index (χ4v) is 2.43. The average Bonchev–Trinajstić information content (AvgIpc) is 2.62. The molecule has 5 heteroatoms. The van der Waals surface area contributed by atoms with E-state index < -0.39 is 0 Å². The number of hydrogen-bond donors (Lipinski definition) is 1. The van der Waals surface area contributed by atoms with Gasteiger partial charge in [-0.3, -0.25) is 9.97 Å². The number of nitrogens with zero attached hydrogens (tertiary/aromatic N) is 4. The molecule has 0 aliphatic heterocycles. The number of rotatable bonds is 2. The fraction of sp³-hybridized carbons (Fsp3) is 0. The Bertz CT molecular complexity index is 968. The Morgan fingerprint density at radius 2 is 1.26 bits per heavy atom. The Labute approximate surface area is 132 Å². The van der Waals surface area contributed by atoms with Crippen LogP contribution < -0.4 is 5.73 Å². The first-order valence-electron chi connectivity index (χ1n) is 7.21. The lowest BCUT2D eigenvalue weighted by Gasteiger charge is -2.09. The molecule has 0 bridgehead atoms. The van der Waals surface area contributed by atoms with Gasteiger partial charge in [-0.15, -0.1) is 0 Å². The largest absolute Gasteiger partial charge is 0.399 e. The van der Waals surface area contributed by atoms with Crippen LogP contribution in [0.3, 0.4) is 0 Å². The van der Waals surface area contributed by atoms with E-state index in [1.807, 2.05) is 54.6 Å². The van der Waals surface area contributed by atoms with Crippen LogP contribution in [0.5, 0.6) is 0 Å². The molecule has 0 spiro atoms. The van der Waals surface area contributed by atoms with Crippen molar-refractivity contribution < 1.29 is 0 Å². The summed E-state index contributed by atoms with van der Waals surface area (Å²) in [6, 6.07) is 16.9. The summed E-state index contributed by atoms with van der Waals surface area (Å²) in [5.41, 5.74) is 11.0. The van der Waals surface area contributed by atoms with Crippen LogP contribution in [0.2, 0.25) is 0 Å². The highest BCUT2D eigenvalue weighted by Gasteiger charge is 2.14. The molecule has 0 aliphatic carbocycles. The molecule has 0 aliphatic rings. The van der Waals surface area contributed by atoms with E-state index >= 15 is 0 Å². The first-order chi connectivity index (χ1) is 11.3. The summed E-state index contributed by atoms with van der Waals surface area (Å²) < 4.78 is 0. The van der Waals surface area contributed by atoms with Gasteiger partial charge in [-0.1, -0.05) is 12.1 Å². The number of pyridine rings is 2. The predicted octanol–water partition coefficient (Wildman–Crippen LogP) is 3.34. The van der Waals surface area contributed by atoms with E-state index in [1.54, 1.807) is 12.4 Å². The fourth-order valence-electron chi connectivity index (χ4n) is 2.43. The molecule has 0 unspecified atom stereocenters. The van der Waals surface area contributed by atoms with Crippen molar-refractivity contribution in [3.63, 3.8) is 0 Å². The zero-order valence-corrected chi connectivity index (χ0v) is 12.2. The van der Waals surface area contributed by atoms with Crippen LogP contribution in [-0.2, 0) is 0 Å². The minimum atomic E-state index is 0.657. The summed E-state index contributed by atoms with van der Waals surface area (Å²) in [5, 5.41) is 0. The predicted molar refractivity (Wildman–Crippen MR) is 90.4 cm³/mol. The maximum absolute atomic E-state index is 5.87. The number of aromatic nitrogens is 4. The van der Waals surface area contributed by atoms with E-state index in [4.69, 9.17) is 15.7 Å². The maximum Gasteiger partial charge on any atom is 0.117 e. The molecule has 0 radical (unpaired) electrons. The van der Waals surface area contributed by atoms with Gasteiger partial charge < -0.3 is 5.73 Å². The Morgan fingerprint density at radius 1 is 0.652 bits per heavy atom. The molecule has 0 saturated carbocycles. The first kappa shape index (κ1) is 13.3. The highest BCUT2D eigenvalue weighted by Crippen LogP contribution is 2.29. The van der Waals surface area contributed by atoms with E-state index in [0.717, 1.165) is 22.4 Å². The van der Waals surface area contributed by atoms with Crippen molar-refractivity contribution in [3.8, 4) is 22.8 Å². The lowest BCUT2D eigenvalue weighted by atomic mass is 10.1. The summed E-state index contributed by atoms with van der Waals surface area (Å²) in [7, 11) is 0. The molecule has 0 amide bonds. The molecule has 2 N–H and O–H groups in total. The highest BCUT2D eigenvalue weighted by atomic mass is 14.9. The van der Waals surface area contributed by atoms with Gasteiger partial charge in [0.25, 0.3) is 0 Å². The van der Waals surface area contributed by atoms with Crippen molar-refractivity contribution in [1.29, 1.82) is 0 Å². The van der Waals surface area contributed by atoms with Crippen LogP contribution in [0.4, 0.5) is 5.69 Å². The summed E-state index contributed by atoms with van der Waals surface area (Å²) >= 11 is 0. The summed E-state index contributed by atoms with van der Waals surface area (Å²) in [6.45, 7) is 0. The Kier molecular flexibility index (Phi) is 3.16. The number of fused-ring (bicyclic) bond motifs is 1. The van der Waals surface area contributed by atoms with Crippen molar-refractivity contribution >= 4 is 16.7 Å². The van der Waals surface area contributed by atoms with Crippen LogP contribution in [-0.4, -0.2) is 19.9 Å². The summed E-state index contributed by atoms with van der Waals surface area (Å²) in [6.07, 6.45) is 3.48. The minimum Gasteiger partial charge on any atom is -0.399 e. The monoisotopic (exact) mass is 299 g/mol. The minimum absolute atomic E-state index is 0.657. The number of anilines is 1. The summed E-state index contributed by atoms with van der Waals surface area (Å²) in [4.78, 5) is 18.3. The SMILES string of the molecule is Nc1ccc2nc(-c3ccccn3)c(-c3ccccn3)nc2c1. The van der Waals surface area contributed by atoms with Gasteiger partial charge >= 0.3 is 0 Å². The zero-order valence-electron chi connectivity index (χ0n) is 12.2. The number of nitrogens with two attached hydrogens (primary N) is 1. The van der Waals surface area contributed by atoms with Crippen LogP contribution in [0.1, 0.15) is 0 Å². The molecular weight excluding hydrogens is 286 g/mol. The lowest BCUT2D eigenvalue weighted by molar-refractivity contribution is 1.21. The molecule has 5 nitrogen and oxygen atoms in total.